The summed E-state index contributed by atoms with van der Waals surface area (Å²) in [5.41, 5.74) is 29.2. The van der Waals surface area contributed by atoms with Crippen LogP contribution < -0.4 is 76.5 Å². The molecule has 3 aromatic heterocycles. The van der Waals surface area contributed by atoms with Crippen molar-refractivity contribution in [1.29, 1.82) is 0 Å². The molecule has 0 saturated carbocycles. The maximum Gasteiger partial charge on any atom is 0.164 e. The topological polar surface area (TPSA) is 56.7 Å². The highest BCUT2D eigenvalue weighted by atomic mass is 16.3. The fraction of sp³-hybridized carbons (Fsp3) is 0. The minimum absolute atomic E-state index is 0.604. The van der Waals surface area contributed by atoms with Crippen molar-refractivity contribution in [1.82, 2.24) is 19.5 Å². The third-order valence-corrected chi connectivity index (χ3v) is 16.3. The van der Waals surface area contributed by atoms with Gasteiger partial charge >= 0.3 is 0 Å². The van der Waals surface area contributed by atoms with Gasteiger partial charge in [-0.15, -0.1) is 16.4 Å². The van der Waals surface area contributed by atoms with Crippen LogP contribution in [-0.2, 0) is 0 Å². The van der Waals surface area contributed by atoms with Gasteiger partial charge in [0.15, 0.2) is 17.5 Å². The van der Waals surface area contributed by atoms with Crippen LogP contribution in [0.5, 0.6) is 0 Å². The summed E-state index contributed by atoms with van der Waals surface area (Å²) in [5.74, 6) is 1.85. The van der Waals surface area contributed by atoms with Gasteiger partial charge in [-0.3, -0.25) is 0 Å². The Morgan fingerprint density at radius 3 is 1.38 bits per heavy atom. The molecule has 0 spiro atoms. The highest BCUT2D eigenvalue weighted by molar-refractivity contribution is 6.74. The Kier molecular flexibility index (Phi) is 10.4. The number of benzene rings is 8. The molecule has 11 aromatic rings. The van der Waals surface area contributed by atoms with Crippen molar-refractivity contribution in [3.63, 3.8) is 0 Å². The SMILES string of the molecule is Bc1c(B)c(-n2c3c(B)c(B)c(B)c(B)c3c3c4c(B)c(B)c(B)c(B)c4c(B)c(B)c32)c(B)c(B)c1-c1cc(-c2nc(-c3ccccc3)nc(-c3ccccc3)n2)c2c(c1)oc1ccccc12. The van der Waals surface area contributed by atoms with Crippen LogP contribution in [0.25, 0.3) is 105 Å². The predicted octanol–water partition coefficient (Wildman–Crippen LogP) is -11.7. The second-order valence-electron chi connectivity index (χ2n) is 19.5. The van der Waals surface area contributed by atoms with E-state index in [1.807, 2.05) is 48.5 Å². The Morgan fingerprint density at radius 2 is 0.794 bits per heavy atom. The summed E-state index contributed by atoms with van der Waals surface area (Å²) < 4.78 is 9.46. The molecule has 0 radical (unpaired) electrons. The second kappa shape index (κ2) is 16.1. The van der Waals surface area contributed by atoms with E-state index >= 15 is 0 Å². The number of fused-ring (bicyclic) bond motifs is 8. The van der Waals surface area contributed by atoms with E-state index in [1.165, 1.54) is 120 Å². The zero-order valence-corrected chi connectivity index (χ0v) is 41.9. The highest BCUT2D eigenvalue weighted by Crippen LogP contribution is 2.40. The van der Waals surface area contributed by atoms with Crippen LogP contribution >= 0.6 is 0 Å². The Hall–Kier alpha value is -6.46. The molecule has 11 rings (SSSR count). The number of hydrogen-bond donors (Lipinski definition) is 0. The predicted molar refractivity (Wildman–Crippen MR) is 335 cm³/mol. The maximum atomic E-state index is 6.79. The largest absolute Gasteiger partial charge is 0.456 e. The van der Waals surface area contributed by atoms with Crippen molar-refractivity contribution in [2.45, 2.75) is 0 Å². The van der Waals surface area contributed by atoms with E-state index in [0.29, 0.717) is 17.5 Å². The molecule has 0 aliphatic rings. The summed E-state index contributed by atoms with van der Waals surface area (Å²) in [4.78, 5) is 15.6. The summed E-state index contributed by atoms with van der Waals surface area (Å²) >= 11 is 0. The molecule has 8 aromatic carbocycles. The average molecular weight is 856 g/mol. The minimum atomic E-state index is 0.604. The molecule has 0 aliphatic carbocycles. The summed E-state index contributed by atoms with van der Waals surface area (Å²) in [6.07, 6.45) is 0. The number of nitrogens with zero attached hydrogens (tertiary/aromatic N) is 4. The van der Waals surface area contributed by atoms with Crippen LogP contribution in [0.1, 0.15) is 0 Å². The van der Waals surface area contributed by atoms with Crippen LogP contribution in [0.4, 0.5) is 0 Å². The standard InChI is InChI=1S/C49H44B14N4O/c50-30-24(19-15-21(25-20-13-7-8-14-22(20)68-23(25)16-19)49-65-47(17-9-3-1-4-10-17)64-48(66-49)18-11-5-2-6-12-18)31(51)42(62)46(41(30)61)67-44-27(29-35(55)38(58)39(59)43(63)45(29)67)26-28(34(54)40(44)60)33(53)37(57)36(56)32(26)52/h1-16H,50-63H2. The van der Waals surface area contributed by atoms with Crippen molar-refractivity contribution in [3.8, 4) is 51.0 Å². The summed E-state index contributed by atoms with van der Waals surface area (Å²) in [6.45, 7) is 0. The molecule has 0 atom stereocenters. The van der Waals surface area contributed by atoms with Gasteiger partial charge in [0.25, 0.3) is 0 Å². The first-order chi connectivity index (χ1) is 32.6. The summed E-state index contributed by atoms with van der Waals surface area (Å²) in [7, 11) is 32.6. The molecule has 0 N–H and O–H groups in total. The molecule has 0 aliphatic heterocycles. The summed E-state index contributed by atoms with van der Waals surface area (Å²) in [5, 5.41) is 7.58. The van der Waals surface area contributed by atoms with Crippen LogP contribution in [-0.4, -0.2) is 129 Å². The molecule has 0 unspecified atom stereocenters. The van der Waals surface area contributed by atoms with Gasteiger partial charge in [-0.25, -0.2) is 15.0 Å². The van der Waals surface area contributed by atoms with Crippen molar-refractivity contribution in [2.24, 2.45) is 0 Å². The quantitative estimate of drug-likeness (QED) is 0.162. The zero-order valence-electron chi connectivity index (χ0n) is 41.9. The van der Waals surface area contributed by atoms with Crippen molar-refractivity contribution in [2.75, 3.05) is 0 Å². The van der Waals surface area contributed by atoms with Gasteiger partial charge in [-0.05, 0) is 40.1 Å². The lowest BCUT2D eigenvalue weighted by atomic mass is 9.61. The number of para-hydroxylation sites is 1. The second-order valence-corrected chi connectivity index (χ2v) is 19.5. The molecule has 19 heteroatoms. The highest BCUT2D eigenvalue weighted by Gasteiger charge is 2.29. The average Bonchev–Trinajstić information content (AvgIpc) is 3.91. The van der Waals surface area contributed by atoms with E-state index in [2.05, 4.69) is 163 Å². The molecule has 3 heterocycles. The van der Waals surface area contributed by atoms with E-state index in [-0.39, 0.29) is 0 Å². The fourth-order valence-corrected chi connectivity index (χ4v) is 11.7. The summed E-state index contributed by atoms with van der Waals surface area (Å²) in [6, 6.07) is 33.2. The third kappa shape index (κ3) is 6.26. The van der Waals surface area contributed by atoms with Crippen LogP contribution in [0, 0.1) is 0 Å². The molecule has 0 bridgehead atoms. The number of rotatable bonds is 5. The van der Waals surface area contributed by atoms with Gasteiger partial charge in [0.1, 0.15) is 121 Å². The number of furan rings is 1. The lowest BCUT2D eigenvalue weighted by Gasteiger charge is -2.26. The molecule has 5 nitrogen and oxygen atoms in total. The van der Waals surface area contributed by atoms with Gasteiger partial charge in [0, 0.05) is 55.0 Å². The Morgan fingerprint density at radius 1 is 0.338 bits per heavy atom. The first-order valence-corrected chi connectivity index (χ1v) is 24.0. The maximum absolute atomic E-state index is 6.79. The molecule has 0 fully saturated rings. The van der Waals surface area contributed by atoms with Crippen molar-refractivity contribution >= 4 is 241 Å². The lowest BCUT2D eigenvalue weighted by molar-refractivity contribution is 0.669. The first-order valence-electron chi connectivity index (χ1n) is 24.0. The van der Waals surface area contributed by atoms with Gasteiger partial charge in [-0.2, -0.15) is 0 Å². The lowest BCUT2D eigenvalue weighted by Crippen LogP contribution is -2.50. The molecule has 308 valence electrons. The molecule has 0 saturated heterocycles. The molecular weight excluding hydrogens is 812 g/mol. The van der Waals surface area contributed by atoms with E-state index in [0.717, 1.165) is 44.2 Å². The molecule has 0 amide bonds. The van der Waals surface area contributed by atoms with E-state index in [9.17, 15) is 0 Å². The zero-order chi connectivity index (χ0) is 47.8. The van der Waals surface area contributed by atoms with Crippen molar-refractivity contribution in [3.05, 3.63) is 97.1 Å². The van der Waals surface area contributed by atoms with Gasteiger partial charge in [0.2, 0.25) is 0 Å². The van der Waals surface area contributed by atoms with Crippen LogP contribution in [0.15, 0.2) is 101 Å². The van der Waals surface area contributed by atoms with Gasteiger partial charge in [0.05, 0.1) is 0 Å². The smallest absolute Gasteiger partial charge is 0.164 e. The Bertz CT molecular complexity index is 3940. The van der Waals surface area contributed by atoms with Crippen LogP contribution in [0.2, 0.25) is 0 Å². The monoisotopic (exact) mass is 858 g/mol. The third-order valence-electron chi connectivity index (χ3n) is 16.3. The van der Waals surface area contributed by atoms with E-state index in [1.54, 1.807) is 0 Å². The Labute approximate surface area is 410 Å². The van der Waals surface area contributed by atoms with E-state index in [4.69, 9.17) is 19.4 Å². The Balaban J connectivity index is 1.24. The minimum Gasteiger partial charge on any atom is -0.456 e. The molecular formula is C49H44B14N4O. The van der Waals surface area contributed by atoms with Crippen molar-refractivity contribution < 1.29 is 4.42 Å². The normalized spacial score (nSPS) is 11.8. The molecule has 68 heavy (non-hydrogen) atoms. The number of hydrogen-bond acceptors (Lipinski definition) is 4. The first kappa shape index (κ1) is 44.1. The fourth-order valence-electron chi connectivity index (χ4n) is 11.7. The van der Waals surface area contributed by atoms with E-state index < -0.39 is 0 Å². The van der Waals surface area contributed by atoms with Gasteiger partial charge in [-0.1, -0.05) is 139 Å². The number of aromatic nitrogens is 4. The van der Waals surface area contributed by atoms with Crippen LogP contribution in [0.3, 0.4) is 0 Å². The van der Waals surface area contributed by atoms with Gasteiger partial charge < -0.3 is 8.98 Å².